The lowest BCUT2D eigenvalue weighted by Crippen LogP contribution is -1.79. The zero-order valence-corrected chi connectivity index (χ0v) is 11.6. The van der Waals surface area contributed by atoms with Crippen LogP contribution in [0.15, 0.2) is 40.2 Å². The van der Waals surface area contributed by atoms with Crippen LogP contribution in [0.25, 0.3) is 23.6 Å². The van der Waals surface area contributed by atoms with Gasteiger partial charge in [0.2, 0.25) is 0 Å². The summed E-state index contributed by atoms with van der Waals surface area (Å²) < 4.78 is 5.16. The number of phenols is 1. The van der Waals surface area contributed by atoms with Gasteiger partial charge in [0.15, 0.2) is 5.82 Å². The molecule has 0 saturated heterocycles. The van der Waals surface area contributed by atoms with Gasteiger partial charge in [-0.15, -0.1) is 11.3 Å². The lowest BCUT2D eigenvalue weighted by molar-refractivity contribution is 0.423. The molecule has 2 heterocycles. The minimum atomic E-state index is 0.126. The third-order valence-electron chi connectivity index (χ3n) is 2.86. The van der Waals surface area contributed by atoms with Crippen LogP contribution in [0, 0.1) is 6.92 Å². The third-order valence-corrected chi connectivity index (χ3v) is 3.85. The van der Waals surface area contributed by atoms with Crippen molar-refractivity contribution in [2.75, 3.05) is 0 Å². The minimum absolute atomic E-state index is 0.126. The Hall–Kier alpha value is -2.40. The van der Waals surface area contributed by atoms with Gasteiger partial charge in [-0.05, 0) is 48.2 Å². The van der Waals surface area contributed by atoms with Gasteiger partial charge in [0.25, 0.3) is 5.89 Å². The molecule has 100 valence electrons. The Morgan fingerprint density at radius 2 is 2.05 bits per heavy atom. The van der Waals surface area contributed by atoms with Gasteiger partial charge in [0.1, 0.15) is 5.75 Å². The summed E-state index contributed by atoms with van der Waals surface area (Å²) in [6.45, 7) is 2.06. The molecule has 0 fully saturated rings. The van der Waals surface area contributed by atoms with E-state index in [2.05, 4.69) is 23.1 Å². The molecule has 0 atom stereocenters. The molecule has 0 aliphatic heterocycles. The molecule has 4 nitrogen and oxygen atoms in total. The van der Waals surface area contributed by atoms with Crippen LogP contribution in [-0.4, -0.2) is 15.2 Å². The number of phenolic OH excluding ortho intramolecular Hbond substituents is 1. The molecular formula is C15H12N2O2S. The van der Waals surface area contributed by atoms with E-state index in [0.29, 0.717) is 17.3 Å². The highest BCUT2D eigenvalue weighted by Crippen LogP contribution is 2.27. The lowest BCUT2D eigenvalue weighted by Gasteiger charge is -1.96. The van der Waals surface area contributed by atoms with Crippen LogP contribution in [0.2, 0.25) is 0 Å². The van der Waals surface area contributed by atoms with Gasteiger partial charge < -0.3 is 9.63 Å². The zero-order chi connectivity index (χ0) is 13.9. The van der Waals surface area contributed by atoms with Crippen LogP contribution in [0.1, 0.15) is 16.3 Å². The predicted molar refractivity (Wildman–Crippen MR) is 79.4 cm³/mol. The second-order valence-electron chi connectivity index (χ2n) is 4.28. The van der Waals surface area contributed by atoms with E-state index in [1.165, 1.54) is 10.4 Å². The normalized spacial score (nSPS) is 11.2. The molecule has 0 bridgehead atoms. The van der Waals surface area contributed by atoms with Crippen molar-refractivity contribution in [1.29, 1.82) is 0 Å². The van der Waals surface area contributed by atoms with E-state index in [4.69, 9.17) is 4.52 Å². The van der Waals surface area contributed by atoms with E-state index in [9.17, 15) is 5.11 Å². The predicted octanol–water partition coefficient (Wildman–Crippen LogP) is 3.98. The van der Waals surface area contributed by atoms with Crippen LogP contribution in [0.5, 0.6) is 5.75 Å². The van der Waals surface area contributed by atoms with E-state index in [0.717, 1.165) is 0 Å². The largest absolute Gasteiger partial charge is 0.507 e. The number of thiophene rings is 1. The number of aromatic hydroxyl groups is 1. The number of para-hydroxylation sites is 1. The summed E-state index contributed by atoms with van der Waals surface area (Å²) in [5, 5.41) is 15.7. The Bertz CT molecular complexity index is 759. The van der Waals surface area contributed by atoms with Crippen molar-refractivity contribution in [3.63, 3.8) is 0 Å². The number of hydrogen-bond donors (Lipinski definition) is 1. The standard InChI is InChI=1S/C15H12N2O2S/c1-10-8-9-20-13(10)6-7-14-16-15(19-17-14)11-4-2-3-5-12(11)18/h2-9,18H,1H3/b7-6+. The number of hydrogen-bond acceptors (Lipinski definition) is 5. The number of nitrogens with zero attached hydrogens (tertiary/aromatic N) is 2. The summed E-state index contributed by atoms with van der Waals surface area (Å²) in [5.74, 6) is 0.919. The van der Waals surface area contributed by atoms with E-state index in [1.54, 1.807) is 35.6 Å². The number of aromatic nitrogens is 2. The Morgan fingerprint density at radius 1 is 1.20 bits per heavy atom. The molecule has 5 heteroatoms. The quantitative estimate of drug-likeness (QED) is 0.790. The van der Waals surface area contributed by atoms with Gasteiger partial charge in [0.05, 0.1) is 5.56 Å². The summed E-state index contributed by atoms with van der Waals surface area (Å²) in [6.07, 6.45) is 3.76. The van der Waals surface area contributed by atoms with Crippen molar-refractivity contribution in [1.82, 2.24) is 10.1 Å². The Labute approximate surface area is 120 Å². The molecule has 1 aromatic carbocycles. The van der Waals surface area contributed by atoms with Crippen molar-refractivity contribution < 1.29 is 9.63 Å². The zero-order valence-electron chi connectivity index (χ0n) is 10.8. The first-order chi connectivity index (χ1) is 9.74. The highest BCUT2D eigenvalue weighted by Gasteiger charge is 2.10. The van der Waals surface area contributed by atoms with Crippen LogP contribution in [0.4, 0.5) is 0 Å². The van der Waals surface area contributed by atoms with Crippen molar-refractivity contribution in [2.45, 2.75) is 6.92 Å². The molecule has 0 radical (unpaired) electrons. The highest BCUT2D eigenvalue weighted by atomic mass is 32.1. The summed E-state index contributed by atoms with van der Waals surface area (Å²) in [7, 11) is 0. The van der Waals surface area contributed by atoms with Gasteiger partial charge in [-0.2, -0.15) is 4.98 Å². The SMILES string of the molecule is Cc1ccsc1/C=C/c1noc(-c2ccccc2O)n1. The van der Waals surface area contributed by atoms with E-state index in [-0.39, 0.29) is 5.75 Å². The third kappa shape index (κ3) is 2.48. The molecular weight excluding hydrogens is 272 g/mol. The lowest BCUT2D eigenvalue weighted by atomic mass is 10.2. The second kappa shape index (κ2) is 5.30. The van der Waals surface area contributed by atoms with Crippen LogP contribution in [-0.2, 0) is 0 Å². The van der Waals surface area contributed by atoms with Gasteiger partial charge in [-0.1, -0.05) is 17.3 Å². The fourth-order valence-corrected chi connectivity index (χ4v) is 2.59. The van der Waals surface area contributed by atoms with Crippen molar-refractivity contribution >= 4 is 23.5 Å². The van der Waals surface area contributed by atoms with Crippen molar-refractivity contribution in [3.8, 4) is 17.2 Å². The molecule has 1 N–H and O–H groups in total. The van der Waals surface area contributed by atoms with E-state index < -0.39 is 0 Å². The van der Waals surface area contributed by atoms with Crippen LogP contribution in [0.3, 0.4) is 0 Å². The molecule has 0 unspecified atom stereocenters. The van der Waals surface area contributed by atoms with Crippen molar-refractivity contribution in [3.05, 3.63) is 52.0 Å². The van der Waals surface area contributed by atoms with Gasteiger partial charge in [0, 0.05) is 4.88 Å². The fourth-order valence-electron chi connectivity index (χ4n) is 1.77. The molecule has 0 amide bonds. The summed E-state index contributed by atoms with van der Waals surface area (Å²) in [5.41, 5.74) is 1.75. The summed E-state index contributed by atoms with van der Waals surface area (Å²) >= 11 is 1.66. The molecule has 2 aromatic heterocycles. The molecule has 0 saturated carbocycles. The van der Waals surface area contributed by atoms with E-state index >= 15 is 0 Å². The fraction of sp³-hybridized carbons (Fsp3) is 0.0667. The molecule has 3 aromatic rings. The van der Waals surface area contributed by atoms with Gasteiger partial charge in [-0.3, -0.25) is 0 Å². The minimum Gasteiger partial charge on any atom is -0.507 e. The number of rotatable bonds is 3. The summed E-state index contributed by atoms with van der Waals surface area (Å²) in [6, 6.07) is 8.94. The van der Waals surface area contributed by atoms with Crippen molar-refractivity contribution in [2.24, 2.45) is 0 Å². The second-order valence-corrected chi connectivity index (χ2v) is 5.22. The first-order valence-corrected chi connectivity index (χ1v) is 6.96. The van der Waals surface area contributed by atoms with Crippen LogP contribution < -0.4 is 0 Å². The number of benzene rings is 1. The van der Waals surface area contributed by atoms with Gasteiger partial charge >= 0.3 is 0 Å². The Balaban J connectivity index is 1.86. The number of aryl methyl sites for hydroxylation is 1. The first kappa shape index (κ1) is 12.6. The molecule has 0 spiro atoms. The smallest absolute Gasteiger partial charge is 0.261 e. The average molecular weight is 284 g/mol. The topological polar surface area (TPSA) is 59.2 Å². The molecule has 20 heavy (non-hydrogen) atoms. The maximum Gasteiger partial charge on any atom is 0.261 e. The maximum absolute atomic E-state index is 9.75. The average Bonchev–Trinajstić information content (AvgIpc) is 3.06. The molecule has 0 aliphatic rings. The summed E-state index contributed by atoms with van der Waals surface area (Å²) in [4.78, 5) is 5.42. The maximum atomic E-state index is 9.75. The molecule has 3 rings (SSSR count). The Kier molecular flexibility index (Phi) is 3.35. The first-order valence-electron chi connectivity index (χ1n) is 6.08. The van der Waals surface area contributed by atoms with Gasteiger partial charge in [-0.25, -0.2) is 0 Å². The van der Waals surface area contributed by atoms with E-state index in [1.807, 2.05) is 17.5 Å². The van der Waals surface area contributed by atoms with Crippen LogP contribution >= 0.6 is 11.3 Å². The molecule has 0 aliphatic carbocycles. The highest BCUT2D eigenvalue weighted by molar-refractivity contribution is 7.11. The monoisotopic (exact) mass is 284 g/mol. The Morgan fingerprint density at radius 3 is 2.80 bits per heavy atom.